The lowest BCUT2D eigenvalue weighted by Gasteiger charge is -2.51. The Labute approximate surface area is 232 Å². The minimum absolute atomic E-state index is 0.0780. The van der Waals surface area contributed by atoms with Crippen LogP contribution in [0.4, 0.5) is 20.2 Å². The van der Waals surface area contributed by atoms with Gasteiger partial charge in [-0.3, -0.25) is 14.6 Å². The lowest BCUT2D eigenvalue weighted by atomic mass is 9.69. The lowest BCUT2D eigenvalue weighted by molar-refractivity contribution is -0.118. The number of thiazole rings is 1. The maximum atomic E-state index is 13.2. The van der Waals surface area contributed by atoms with Crippen LogP contribution in [0.1, 0.15) is 36.4 Å². The summed E-state index contributed by atoms with van der Waals surface area (Å²) in [5.41, 5.74) is 3.56. The summed E-state index contributed by atoms with van der Waals surface area (Å²) < 4.78 is 27.9. The van der Waals surface area contributed by atoms with Crippen LogP contribution in [0, 0.1) is 18.3 Å². The highest BCUT2D eigenvalue weighted by Crippen LogP contribution is 2.45. The molecule has 0 aromatic carbocycles. The van der Waals surface area contributed by atoms with Crippen LogP contribution in [0.2, 0.25) is 0 Å². The number of nitrogens with one attached hydrogen (secondary N) is 2. The lowest BCUT2D eigenvalue weighted by Crippen LogP contribution is -2.53. The first kappa shape index (κ1) is 25.9. The summed E-state index contributed by atoms with van der Waals surface area (Å²) in [6, 6.07) is 1.67. The van der Waals surface area contributed by atoms with Gasteiger partial charge in [0.15, 0.2) is 0 Å². The predicted octanol–water partition coefficient (Wildman–Crippen LogP) is 4.96. The van der Waals surface area contributed by atoms with Crippen LogP contribution in [0.5, 0.6) is 0 Å². The minimum atomic E-state index is -2.74. The number of hydrogen-bond acceptors (Lipinski definition) is 7. The van der Waals surface area contributed by atoms with E-state index in [9.17, 15) is 18.4 Å². The second-order valence-corrected chi connectivity index (χ2v) is 11.5. The molecule has 1 fully saturated rings. The number of anilines is 2. The number of halogens is 2. The zero-order valence-electron chi connectivity index (χ0n) is 21.9. The molecule has 4 aromatic rings. The summed E-state index contributed by atoms with van der Waals surface area (Å²) >= 11 is 1.24. The van der Waals surface area contributed by atoms with Crippen molar-refractivity contribution in [2.24, 2.45) is 11.3 Å². The van der Waals surface area contributed by atoms with E-state index >= 15 is 0 Å². The number of carbonyl (C=O) groups excluding carboxylic acids is 2. The van der Waals surface area contributed by atoms with Crippen molar-refractivity contribution in [3.8, 4) is 10.4 Å². The van der Waals surface area contributed by atoms with E-state index in [1.807, 2.05) is 6.08 Å². The molecule has 206 valence electrons. The first-order valence-electron chi connectivity index (χ1n) is 12.6. The first-order chi connectivity index (χ1) is 19.1. The van der Waals surface area contributed by atoms with Crippen LogP contribution in [-0.2, 0) is 4.79 Å². The van der Waals surface area contributed by atoms with Gasteiger partial charge in [-0.25, -0.2) is 9.20 Å². The Balaban J connectivity index is 1.13. The highest BCUT2D eigenvalue weighted by atomic mass is 32.1. The molecule has 13 heteroatoms. The molecular weight excluding hydrogens is 538 g/mol. The van der Waals surface area contributed by atoms with Gasteiger partial charge in [0.05, 0.1) is 52.6 Å². The van der Waals surface area contributed by atoms with E-state index in [0.717, 1.165) is 6.54 Å². The van der Waals surface area contributed by atoms with Crippen LogP contribution >= 0.6 is 11.3 Å². The van der Waals surface area contributed by atoms with Crippen molar-refractivity contribution in [3.05, 3.63) is 72.2 Å². The smallest absolute Gasteiger partial charge is 0.333 e. The maximum absolute atomic E-state index is 13.2. The molecule has 1 aliphatic heterocycles. The summed E-state index contributed by atoms with van der Waals surface area (Å²) in [5, 5.41) is 13.6. The van der Waals surface area contributed by atoms with Crippen LogP contribution in [0.3, 0.4) is 0 Å². The minimum Gasteiger partial charge on any atom is -0.364 e. The van der Waals surface area contributed by atoms with Crippen molar-refractivity contribution in [1.29, 1.82) is 0 Å². The van der Waals surface area contributed by atoms with Crippen LogP contribution < -0.4 is 10.6 Å². The van der Waals surface area contributed by atoms with Gasteiger partial charge in [0.1, 0.15) is 4.83 Å². The van der Waals surface area contributed by atoms with Crippen molar-refractivity contribution in [1.82, 2.24) is 29.3 Å². The van der Waals surface area contributed by atoms with Crippen molar-refractivity contribution in [3.63, 3.8) is 0 Å². The van der Waals surface area contributed by atoms with Gasteiger partial charge in [-0.2, -0.15) is 19.0 Å². The predicted molar refractivity (Wildman–Crippen MR) is 147 cm³/mol. The molecule has 1 saturated heterocycles. The molecule has 1 unspecified atom stereocenters. The van der Waals surface area contributed by atoms with E-state index in [-0.39, 0.29) is 17.9 Å². The third-order valence-electron chi connectivity index (χ3n) is 7.30. The van der Waals surface area contributed by atoms with Crippen molar-refractivity contribution in [2.45, 2.75) is 27.3 Å². The van der Waals surface area contributed by atoms with Gasteiger partial charge in [-0.1, -0.05) is 26.0 Å². The number of carbonyl (C=O) groups is 2. The number of likely N-dealkylation sites (tertiary alicyclic amines) is 1. The number of aryl methyl sites for hydroxylation is 1. The fourth-order valence-electron chi connectivity index (χ4n) is 4.97. The monoisotopic (exact) mass is 564 g/mol. The Morgan fingerprint density at radius 3 is 2.77 bits per heavy atom. The molecule has 40 heavy (non-hydrogen) atoms. The fourth-order valence-corrected chi connectivity index (χ4v) is 6.00. The summed E-state index contributed by atoms with van der Waals surface area (Å²) in [6.07, 6.45) is 13.5. The average molecular weight is 565 g/mol. The maximum Gasteiger partial charge on any atom is 0.333 e. The molecule has 5 heterocycles. The van der Waals surface area contributed by atoms with Crippen molar-refractivity contribution < 1.29 is 18.4 Å². The number of allylic oxidation sites excluding steroid dienone is 3. The molecule has 1 atom stereocenters. The average Bonchev–Trinajstić information content (AvgIpc) is 3.61. The standard InChI is InChI=1S/C27H26F2N8O2S/c1-15-20(7-17(9-30-15)33-23(38)14-35-12-19-21(35)5-4-6-27(19,2)3)34-24(39)18-10-32-36-13-22(40-25(18)36)16-8-31-37(11-16)26(28)29/h4-11,13,19,26H,12,14H2,1-3H3,(H,33,38)(H,34,39). The summed E-state index contributed by atoms with van der Waals surface area (Å²) in [6.45, 7) is 4.47. The second-order valence-electron chi connectivity index (χ2n) is 10.5. The Morgan fingerprint density at radius 2 is 2.00 bits per heavy atom. The molecule has 4 aromatic heterocycles. The normalized spacial score (nSPS) is 17.5. The quantitative estimate of drug-likeness (QED) is 0.329. The molecule has 0 spiro atoms. The molecule has 6 rings (SSSR count). The van der Waals surface area contributed by atoms with E-state index in [1.165, 1.54) is 40.1 Å². The van der Waals surface area contributed by atoms with E-state index < -0.39 is 12.5 Å². The highest BCUT2D eigenvalue weighted by Gasteiger charge is 2.43. The molecule has 0 saturated carbocycles. The van der Waals surface area contributed by atoms with Gasteiger partial charge >= 0.3 is 6.55 Å². The zero-order valence-corrected chi connectivity index (χ0v) is 22.7. The Bertz CT molecular complexity index is 1700. The molecule has 1 aliphatic carbocycles. The second kappa shape index (κ2) is 9.66. The van der Waals surface area contributed by atoms with Gasteiger partial charge in [0.2, 0.25) is 5.91 Å². The fraction of sp³-hybridized carbons (Fsp3) is 0.296. The number of aromatic nitrogens is 5. The van der Waals surface area contributed by atoms with E-state index in [1.54, 1.807) is 25.4 Å². The van der Waals surface area contributed by atoms with Crippen LogP contribution in [-0.4, -0.2) is 54.2 Å². The van der Waals surface area contributed by atoms with Crippen molar-refractivity contribution in [2.75, 3.05) is 23.7 Å². The van der Waals surface area contributed by atoms with E-state index in [2.05, 4.69) is 56.7 Å². The van der Waals surface area contributed by atoms with Gasteiger partial charge in [0, 0.05) is 36.1 Å². The number of hydrogen-bond donors (Lipinski definition) is 2. The number of rotatable bonds is 7. The number of fused-ring (bicyclic) bond motifs is 2. The summed E-state index contributed by atoms with van der Waals surface area (Å²) in [4.78, 5) is 33.6. The topological polar surface area (TPSA) is 109 Å². The van der Waals surface area contributed by atoms with Crippen molar-refractivity contribution >= 4 is 39.4 Å². The number of amides is 2. The number of pyridine rings is 1. The van der Waals surface area contributed by atoms with Gasteiger partial charge < -0.3 is 15.5 Å². The molecule has 10 nitrogen and oxygen atoms in total. The Morgan fingerprint density at radius 1 is 1.18 bits per heavy atom. The Hall–Kier alpha value is -4.39. The van der Waals surface area contributed by atoms with Gasteiger partial charge in [0.25, 0.3) is 5.91 Å². The van der Waals surface area contributed by atoms with E-state index in [0.29, 0.717) is 48.5 Å². The number of alkyl halides is 2. The summed E-state index contributed by atoms with van der Waals surface area (Å²) in [5.74, 6) is -0.168. The third-order valence-corrected chi connectivity index (χ3v) is 8.46. The largest absolute Gasteiger partial charge is 0.364 e. The van der Waals surface area contributed by atoms with E-state index in [4.69, 9.17) is 0 Å². The molecule has 2 amide bonds. The number of nitrogens with zero attached hydrogens (tertiary/aromatic N) is 6. The first-order valence-corrected chi connectivity index (χ1v) is 13.4. The highest BCUT2D eigenvalue weighted by molar-refractivity contribution is 7.21. The molecule has 0 bridgehead atoms. The zero-order chi connectivity index (χ0) is 28.2. The molecular formula is C27H26F2N8O2S. The third kappa shape index (κ3) is 4.66. The van der Waals surface area contributed by atoms with Crippen LogP contribution in [0.15, 0.2) is 61.0 Å². The summed E-state index contributed by atoms with van der Waals surface area (Å²) in [7, 11) is 0. The molecule has 0 radical (unpaired) electrons. The Kier molecular flexibility index (Phi) is 6.25. The molecule has 2 N–H and O–H groups in total. The van der Waals surface area contributed by atoms with Gasteiger partial charge in [-0.05, 0) is 24.5 Å². The van der Waals surface area contributed by atoms with Crippen LogP contribution in [0.25, 0.3) is 15.3 Å². The van der Waals surface area contributed by atoms with Gasteiger partial charge in [-0.15, -0.1) is 11.3 Å². The SMILES string of the molecule is Cc1ncc(NC(=O)CN2CC3C2=CC=CC3(C)C)cc1NC(=O)c1cnn2cc(-c3cnn(C(F)F)c3)sc12. The molecule has 2 aliphatic rings.